The molecule has 0 aliphatic heterocycles. The summed E-state index contributed by atoms with van der Waals surface area (Å²) >= 11 is 0. The second-order valence-electron chi connectivity index (χ2n) is 3.08. The zero-order valence-electron chi connectivity index (χ0n) is 9.59. The predicted molar refractivity (Wildman–Crippen MR) is 59.3 cm³/mol. The molecule has 1 N–H and O–H groups in total. The average molecular weight is 216 g/mol. The van der Waals surface area contributed by atoms with Gasteiger partial charge in [0.1, 0.15) is 5.82 Å². The Labute approximate surface area is 89.7 Å². The van der Waals surface area contributed by atoms with Gasteiger partial charge in [-0.1, -0.05) is 13.8 Å². The standard InChI is InChI=1S/C9H12F2N2.C2H6/c1-6(2)13-8-4-3-7(5-12-8)9(10)11;1-2/h3-6,9H,1-2H3,(H,12,13);1-2H3. The van der Waals surface area contributed by atoms with Crippen molar-refractivity contribution in [1.29, 1.82) is 0 Å². The first-order valence-corrected chi connectivity index (χ1v) is 5.10. The van der Waals surface area contributed by atoms with Crippen molar-refractivity contribution < 1.29 is 8.78 Å². The van der Waals surface area contributed by atoms with Gasteiger partial charge in [0, 0.05) is 17.8 Å². The minimum Gasteiger partial charge on any atom is -0.368 e. The Bertz CT molecular complexity index is 258. The highest BCUT2D eigenvalue weighted by molar-refractivity contribution is 5.36. The van der Waals surface area contributed by atoms with Crippen LogP contribution in [0.3, 0.4) is 0 Å². The molecule has 2 nitrogen and oxygen atoms in total. The van der Waals surface area contributed by atoms with Crippen molar-refractivity contribution in [2.45, 2.75) is 40.2 Å². The average Bonchev–Trinajstić information content (AvgIpc) is 2.20. The van der Waals surface area contributed by atoms with Gasteiger partial charge in [0.15, 0.2) is 0 Å². The van der Waals surface area contributed by atoms with Gasteiger partial charge >= 0.3 is 0 Å². The van der Waals surface area contributed by atoms with Crippen LogP contribution in [0.1, 0.15) is 39.7 Å². The number of nitrogens with one attached hydrogen (secondary N) is 1. The molecule has 0 aliphatic rings. The number of alkyl halides is 2. The minimum atomic E-state index is -2.44. The number of hydrogen-bond acceptors (Lipinski definition) is 2. The largest absolute Gasteiger partial charge is 0.368 e. The van der Waals surface area contributed by atoms with Crippen molar-refractivity contribution in [2.75, 3.05) is 5.32 Å². The summed E-state index contributed by atoms with van der Waals surface area (Å²) in [4.78, 5) is 3.85. The Morgan fingerprint density at radius 3 is 2.13 bits per heavy atom. The van der Waals surface area contributed by atoms with E-state index in [-0.39, 0.29) is 11.6 Å². The smallest absolute Gasteiger partial charge is 0.265 e. The third-order valence-electron chi connectivity index (χ3n) is 1.47. The fourth-order valence-electron chi connectivity index (χ4n) is 0.916. The first kappa shape index (κ1) is 13.8. The summed E-state index contributed by atoms with van der Waals surface area (Å²) in [6.45, 7) is 7.92. The third kappa shape index (κ3) is 5.30. The summed E-state index contributed by atoms with van der Waals surface area (Å²) in [5, 5.41) is 3.01. The van der Waals surface area contributed by atoms with Crippen LogP contribution in [-0.4, -0.2) is 11.0 Å². The van der Waals surface area contributed by atoms with Crippen LogP contribution in [0.5, 0.6) is 0 Å². The lowest BCUT2D eigenvalue weighted by Gasteiger charge is -2.08. The number of nitrogens with zero attached hydrogens (tertiary/aromatic N) is 1. The highest BCUT2D eigenvalue weighted by Crippen LogP contribution is 2.18. The van der Waals surface area contributed by atoms with Crippen molar-refractivity contribution in [3.05, 3.63) is 23.9 Å². The first-order chi connectivity index (χ1) is 7.09. The van der Waals surface area contributed by atoms with Crippen LogP contribution >= 0.6 is 0 Å². The maximum Gasteiger partial charge on any atom is 0.265 e. The Kier molecular flexibility index (Phi) is 6.58. The zero-order valence-corrected chi connectivity index (χ0v) is 9.59. The van der Waals surface area contributed by atoms with Gasteiger partial charge in [-0.05, 0) is 26.0 Å². The van der Waals surface area contributed by atoms with Gasteiger partial charge in [-0.15, -0.1) is 0 Å². The molecule has 0 fully saturated rings. The molecule has 1 heterocycles. The second kappa shape index (κ2) is 7.15. The lowest BCUT2D eigenvalue weighted by Crippen LogP contribution is -2.10. The molecule has 1 aromatic heterocycles. The van der Waals surface area contributed by atoms with Crippen molar-refractivity contribution >= 4 is 5.82 Å². The van der Waals surface area contributed by atoms with E-state index < -0.39 is 6.43 Å². The van der Waals surface area contributed by atoms with E-state index >= 15 is 0 Å². The highest BCUT2D eigenvalue weighted by Gasteiger charge is 2.06. The number of pyridine rings is 1. The molecule has 0 atom stereocenters. The van der Waals surface area contributed by atoms with Gasteiger partial charge in [0.05, 0.1) is 0 Å². The number of rotatable bonds is 3. The lowest BCUT2D eigenvalue weighted by molar-refractivity contribution is 0.151. The van der Waals surface area contributed by atoms with Crippen LogP contribution in [0.4, 0.5) is 14.6 Å². The zero-order chi connectivity index (χ0) is 11.8. The molecule has 0 saturated heterocycles. The molecule has 0 bridgehead atoms. The van der Waals surface area contributed by atoms with E-state index in [0.29, 0.717) is 5.82 Å². The maximum atomic E-state index is 12.1. The molecular formula is C11H18F2N2. The molecule has 86 valence electrons. The SMILES string of the molecule is CC.CC(C)Nc1ccc(C(F)F)cn1. The Morgan fingerprint density at radius 2 is 1.80 bits per heavy atom. The fraction of sp³-hybridized carbons (Fsp3) is 0.545. The van der Waals surface area contributed by atoms with E-state index in [2.05, 4.69) is 10.3 Å². The van der Waals surface area contributed by atoms with Crippen LogP contribution in [0.2, 0.25) is 0 Å². The minimum absolute atomic E-state index is 0.0469. The Balaban J connectivity index is 0.000000921. The Hall–Kier alpha value is -1.19. The summed E-state index contributed by atoms with van der Waals surface area (Å²) < 4.78 is 24.2. The first-order valence-electron chi connectivity index (χ1n) is 5.10. The van der Waals surface area contributed by atoms with Crippen LogP contribution in [0, 0.1) is 0 Å². The van der Waals surface area contributed by atoms with E-state index in [9.17, 15) is 8.78 Å². The monoisotopic (exact) mass is 216 g/mol. The summed E-state index contributed by atoms with van der Waals surface area (Å²) in [5.74, 6) is 0.624. The van der Waals surface area contributed by atoms with Crippen LogP contribution in [0.25, 0.3) is 0 Å². The number of aromatic nitrogens is 1. The van der Waals surface area contributed by atoms with Crippen LogP contribution in [-0.2, 0) is 0 Å². The molecule has 0 aliphatic carbocycles. The van der Waals surface area contributed by atoms with E-state index in [1.54, 1.807) is 6.07 Å². The number of halogens is 2. The van der Waals surface area contributed by atoms with Gasteiger partial charge in [0.25, 0.3) is 6.43 Å². The predicted octanol–water partition coefficient (Wildman–Crippen LogP) is 3.87. The van der Waals surface area contributed by atoms with Crippen molar-refractivity contribution in [1.82, 2.24) is 4.98 Å². The molecular weight excluding hydrogens is 198 g/mol. The van der Waals surface area contributed by atoms with E-state index in [4.69, 9.17) is 0 Å². The van der Waals surface area contributed by atoms with Gasteiger partial charge in [0.2, 0.25) is 0 Å². The molecule has 1 rings (SSSR count). The summed E-state index contributed by atoms with van der Waals surface area (Å²) in [7, 11) is 0. The molecule has 0 radical (unpaired) electrons. The van der Waals surface area contributed by atoms with E-state index in [1.165, 1.54) is 12.3 Å². The molecule has 4 heteroatoms. The van der Waals surface area contributed by atoms with Crippen molar-refractivity contribution in [2.24, 2.45) is 0 Å². The maximum absolute atomic E-state index is 12.1. The van der Waals surface area contributed by atoms with Crippen molar-refractivity contribution in [3.63, 3.8) is 0 Å². The molecule has 0 spiro atoms. The third-order valence-corrected chi connectivity index (χ3v) is 1.47. The molecule has 0 saturated carbocycles. The quantitative estimate of drug-likeness (QED) is 0.829. The molecule has 0 unspecified atom stereocenters. The molecule has 15 heavy (non-hydrogen) atoms. The van der Waals surface area contributed by atoms with E-state index in [0.717, 1.165) is 0 Å². The number of hydrogen-bond donors (Lipinski definition) is 1. The van der Waals surface area contributed by atoms with Crippen molar-refractivity contribution in [3.8, 4) is 0 Å². The molecule has 1 aromatic rings. The van der Waals surface area contributed by atoms with E-state index in [1.807, 2.05) is 27.7 Å². The topological polar surface area (TPSA) is 24.9 Å². The fourth-order valence-corrected chi connectivity index (χ4v) is 0.916. The lowest BCUT2D eigenvalue weighted by atomic mass is 10.3. The van der Waals surface area contributed by atoms with Gasteiger partial charge in [-0.25, -0.2) is 13.8 Å². The summed E-state index contributed by atoms with van der Waals surface area (Å²) in [5.41, 5.74) is -0.0469. The van der Waals surface area contributed by atoms with Gasteiger partial charge in [-0.3, -0.25) is 0 Å². The summed E-state index contributed by atoms with van der Waals surface area (Å²) in [6, 6.07) is 3.19. The van der Waals surface area contributed by atoms with Crippen LogP contribution < -0.4 is 5.32 Å². The molecule has 0 amide bonds. The summed E-state index contributed by atoms with van der Waals surface area (Å²) in [6.07, 6.45) is -1.25. The molecule has 0 aromatic carbocycles. The van der Waals surface area contributed by atoms with Gasteiger partial charge < -0.3 is 5.32 Å². The number of anilines is 1. The highest BCUT2D eigenvalue weighted by atomic mass is 19.3. The van der Waals surface area contributed by atoms with Crippen LogP contribution in [0.15, 0.2) is 18.3 Å². The Morgan fingerprint density at radius 1 is 1.20 bits per heavy atom. The second-order valence-corrected chi connectivity index (χ2v) is 3.08. The van der Waals surface area contributed by atoms with Gasteiger partial charge in [-0.2, -0.15) is 0 Å². The normalized spacial score (nSPS) is 9.87.